The fourth-order valence-corrected chi connectivity index (χ4v) is 3.06. The van der Waals surface area contributed by atoms with Gasteiger partial charge in [-0.2, -0.15) is 0 Å². The van der Waals surface area contributed by atoms with Crippen LogP contribution in [0.25, 0.3) is 0 Å². The van der Waals surface area contributed by atoms with Gasteiger partial charge >= 0.3 is 5.97 Å². The van der Waals surface area contributed by atoms with Crippen molar-refractivity contribution in [2.24, 2.45) is 5.92 Å². The Labute approximate surface area is 122 Å². The lowest BCUT2D eigenvalue weighted by Gasteiger charge is -2.41. The number of hydrogen-bond acceptors (Lipinski definition) is 5. The molecule has 5 heteroatoms. The van der Waals surface area contributed by atoms with Gasteiger partial charge in [0, 0.05) is 19.1 Å². The minimum absolute atomic E-state index is 0.104. The summed E-state index contributed by atoms with van der Waals surface area (Å²) in [7, 11) is 1.50. The molecule has 116 valence electrons. The van der Waals surface area contributed by atoms with Crippen LogP contribution in [-0.4, -0.2) is 62.4 Å². The summed E-state index contributed by atoms with van der Waals surface area (Å²) in [6.07, 6.45) is 3.25. The second-order valence-electron chi connectivity index (χ2n) is 6.06. The van der Waals surface area contributed by atoms with Crippen LogP contribution in [0.2, 0.25) is 0 Å². The Morgan fingerprint density at radius 1 is 1.50 bits per heavy atom. The third-order valence-electron chi connectivity index (χ3n) is 4.47. The molecule has 0 aromatic carbocycles. The minimum atomic E-state index is -0.531. The number of hydrogen-bond donors (Lipinski definition) is 1. The molecular formula is C15H28N2O3. The first-order chi connectivity index (χ1) is 9.64. The normalized spacial score (nSPS) is 27.1. The largest absolute Gasteiger partial charge is 0.468 e. The Kier molecular flexibility index (Phi) is 5.41. The summed E-state index contributed by atoms with van der Waals surface area (Å²) < 4.78 is 10.6. The number of methoxy groups -OCH3 is 1. The molecule has 0 aromatic rings. The molecular weight excluding hydrogens is 256 g/mol. The summed E-state index contributed by atoms with van der Waals surface area (Å²) in [4.78, 5) is 14.8. The predicted molar refractivity (Wildman–Crippen MR) is 77.6 cm³/mol. The molecule has 1 N–H and O–H groups in total. The van der Waals surface area contributed by atoms with Crippen LogP contribution in [0.3, 0.4) is 0 Å². The molecule has 0 bridgehead atoms. The second kappa shape index (κ2) is 6.87. The predicted octanol–water partition coefficient (Wildman–Crippen LogP) is 1.03. The molecule has 20 heavy (non-hydrogen) atoms. The smallest absolute Gasteiger partial charge is 0.327 e. The van der Waals surface area contributed by atoms with Gasteiger partial charge in [-0.1, -0.05) is 6.92 Å². The molecule has 2 unspecified atom stereocenters. The Balaban J connectivity index is 2.13. The van der Waals surface area contributed by atoms with E-state index in [0.29, 0.717) is 12.0 Å². The molecule has 5 nitrogen and oxygen atoms in total. The molecule has 1 aliphatic carbocycles. The van der Waals surface area contributed by atoms with E-state index in [0.717, 1.165) is 52.1 Å². The molecule has 2 aliphatic rings. The molecule has 2 atom stereocenters. The fraction of sp³-hybridized carbons (Fsp3) is 0.933. The van der Waals surface area contributed by atoms with Crippen LogP contribution in [0.1, 0.15) is 33.1 Å². The Hall–Kier alpha value is -0.650. The Morgan fingerprint density at radius 3 is 2.80 bits per heavy atom. The molecule has 0 amide bonds. The van der Waals surface area contributed by atoms with E-state index in [2.05, 4.69) is 24.1 Å². The van der Waals surface area contributed by atoms with Crippen LogP contribution in [0.4, 0.5) is 0 Å². The minimum Gasteiger partial charge on any atom is -0.468 e. The Morgan fingerprint density at radius 2 is 2.25 bits per heavy atom. The van der Waals surface area contributed by atoms with Crippen molar-refractivity contribution in [1.82, 2.24) is 10.2 Å². The van der Waals surface area contributed by atoms with Crippen LogP contribution in [0, 0.1) is 5.92 Å². The molecule has 1 aliphatic heterocycles. The summed E-state index contributed by atoms with van der Waals surface area (Å²) in [5.74, 6) is 0.309. The van der Waals surface area contributed by atoms with Gasteiger partial charge in [-0.05, 0) is 38.6 Å². The number of morpholine rings is 1. The van der Waals surface area contributed by atoms with Crippen molar-refractivity contribution in [3.05, 3.63) is 0 Å². The third-order valence-corrected chi connectivity index (χ3v) is 4.47. The van der Waals surface area contributed by atoms with E-state index in [1.807, 2.05) is 0 Å². The summed E-state index contributed by atoms with van der Waals surface area (Å²) in [6, 6.07) is 0.356. The van der Waals surface area contributed by atoms with Gasteiger partial charge in [0.2, 0.25) is 0 Å². The maximum Gasteiger partial charge on any atom is 0.327 e. The summed E-state index contributed by atoms with van der Waals surface area (Å²) in [5, 5.41) is 3.51. The van der Waals surface area contributed by atoms with Gasteiger partial charge in [0.25, 0.3) is 0 Å². The van der Waals surface area contributed by atoms with Crippen molar-refractivity contribution in [1.29, 1.82) is 0 Å². The van der Waals surface area contributed by atoms with Gasteiger partial charge < -0.3 is 14.8 Å². The number of nitrogens with zero attached hydrogens (tertiary/aromatic N) is 1. The first kappa shape index (κ1) is 15.7. The summed E-state index contributed by atoms with van der Waals surface area (Å²) in [6.45, 7) is 8.25. The first-order valence-corrected chi connectivity index (χ1v) is 7.79. The lowest BCUT2D eigenvalue weighted by Crippen LogP contribution is -2.63. The highest BCUT2D eigenvalue weighted by Crippen LogP contribution is 2.41. The maximum absolute atomic E-state index is 12.5. The van der Waals surface area contributed by atoms with E-state index in [9.17, 15) is 4.79 Å². The molecule has 0 spiro atoms. The molecule has 0 aromatic heterocycles. The van der Waals surface area contributed by atoms with Crippen molar-refractivity contribution in [3.8, 4) is 0 Å². The SMILES string of the molecule is CCCNC(CN1CCOCC1C)(C(=O)OC)C1CC1. The molecule has 1 saturated heterocycles. The molecule has 1 heterocycles. The standard InChI is InChI=1S/C15H28N2O3/c1-4-7-16-15(13-5-6-13,14(18)19-3)11-17-8-9-20-10-12(17)2/h12-13,16H,4-11H2,1-3H3. The fourth-order valence-electron chi connectivity index (χ4n) is 3.06. The summed E-state index contributed by atoms with van der Waals surface area (Å²) in [5.41, 5.74) is -0.531. The van der Waals surface area contributed by atoms with Crippen molar-refractivity contribution >= 4 is 5.97 Å². The number of carbonyl (C=O) groups is 1. The lowest BCUT2D eigenvalue weighted by molar-refractivity contribution is -0.152. The van der Waals surface area contributed by atoms with Crippen molar-refractivity contribution in [3.63, 3.8) is 0 Å². The van der Waals surface area contributed by atoms with Crippen molar-refractivity contribution in [2.75, 3.05) is 40.0 Å². The molecule has 0 radical (unpaired) electrons. The van der Waals surface area contributed by atoms with E-state index >= 15 is 0 Å². The third kappa shape index (κ3) is 3.32. The summed E-state index contributed by atoms with van der Waals surface area (Å²) >= 11 is 0. The second-order valence-corrected chi connectivity index (χ2v) is 6.06. The Bertz CT molecular complexity index is 333. The van der Waals surface area contributed by atoms with Crippen LogP contribution in [0.15, 0.2) is 0 Å². The molecule has 1 saturated carbocycles. The quantitative estimate of drug-likeness (QED) is 0.708. The van der Waals surface area contributed by atoms with Gasteiger partial charge in [0.05, 0.1) is 20.3 Å². The van der Waals surface area contributed by atoms with Crippen LogP contribution >= 0.6 is 0 Å². The monoisotopic (exact) mass is 284 g/mol. The highest BCUT2D eigenvalue weighted by Gasteiger charge is 2.52. The lowest BCUT2D eigenvalue weighted by atomic mass is 9.91. The van der Waals surface area contributed by atoms with Crippen molar-refractivity contribution in [2.45, 2.75) is 44.7 Å². The first-order valence-electron chi connectivity index (χ1n) is 7.79. The van der Waals surface area contributed by atoms with Crippen LogP contribution < -0.4 is 5.32 Å². The van der Waals surface area contributed by atoms with E-state index < -0.39 is 5.54 Å². The number of nitrogens with one attached hydrogen (secondary N) is 1. The topological polar surface area (TPSA) is 50.8 Å². The number of ether oxygens (including phenoxy) is 2. The molecule has 2 rings (SSSR count). The molecule has 2 fully saturated rings. The van der Waals surface area contributed by atoms with Gasteiger partial charge in [-0.15, -0.1) is 0 Å². The highest BCUT2D eigenvalue weighted by molar-refractivity contribution is 5.82. The van der Waals surface area contributed by atoms with E-state index in [4.69, 9.17) is 9.47 Å². The van der Waals surface area contributed by atoms with E-state index in [1.54, 1.807) is 0 Å². The maximum atomic E-state index is 12.5. The number of rotatable bonds is 7. The number of carbonyl (C=O) groups excluding carboxylic acids is 1. The van der Waals surface area contributed by atoms with E-state index in [1.165, 1.54) is 7.11 Å². The van der Waals surface area contributed by atoms with Gasteiger partial charge in [0.15, 0.2) is 0 Å². The van der Waals surface area contributed by atoms with E-state index in [-0.39, 0.29) is 5.97 Å². The highest BCUT2D eigenvalue weighted by atomic mass is 16.5. The zero-order valence-electron chi connectivity index (χ0n) is 13.0. The van der Waals surface area contributed by atoms with Crippen LogP contribution in [-0.2, 0) is 14.3 Å². The zero-order chi connectivity index (χ0) is 14.6. The average Bonchev–Trinajstić information content (AvgIpc) is 3.29. The van der Waals surface area contributed by atoms with Gasteiger partial charge in [-0.25, -0.2) is 4.79 Å². The van der Waals surface area contributed by atoms with Gasteiger partial charge in [0.1, 0.15) is 5.54 Å². The van der Waals surface area contributed by atoms with Gasteiger partial charge in [-0.3, -0.25) is 4.90 Å². The zero-order valence-corrected chi connectivity index (χ0v) is 13.0. The van der Waals surface area contributed by atoms with Crippen LogP contribution in [0.5, 0.6) is 0 Å². The van der Waals surface area contributed by atoms with Crippen molar-refractivity contribution < 1.29 is 14.3 Å². The average molecular weight is 284 g/mol. The number of esters is 1.